The fourth-order valence-electron chi connectivity index (χ4n) is 3.26. The highest BCUT2D eigenvalue weighted by Crippen LogP contribution is 2.31. The lowest BCUT2D eigenvalue weighted by Crippen LogP contribution is -2.38. The van der Waals surface area contributed by atoms with E-state index < -0.39 is 26.6 Å². The second-order valence-electron chi connectivity index (χ2n) is 6.58. The van der Waals surface area contributed by atoms with Crippen LogP contribution >= 0.6 is 0 Å². The Balaban J connectivity index is 1.48. The van der Waals surface area contributed by atoms with E-state index in [1.54, 1.807) is 0 Å². The molecule has 3 aromatic rings. The van der Waals surface area contributed by atoms with Crippen molar-refractivity contribution < 1.29 is 21.7 Å². The van der Waals surface area contributed by atoms with Gasteiger partial charge in [-0.05, 0) is 31.0 Å². The highest BCUT2D eigenvalue weighted by atomic mass is 32.2. The molecule has 1 aromatic heterocycles. The van der Waals surface area contributed by atoms with Gasteiger partial charge in [0.15, 0.2) is 0 Å². The lowest BCUT2D eigenvalue weighted by atomic mass is 9.98. The van der Waals surface area contributed by atoms with Crippen molar-refractivity contribution in [2.24, 2.45) is 0 Å². The molecule has 0 unspecified atom stereocenters. The summed E-state index contributed by atoms with van der Waals surface area (Å²) in [6.45, 7) is 0.317. The number of aromatic nitrogens is 2. The Morgan fingerprint density at radius 3 is 2.46 bits per heavy atom. The Morgan fingerprint density at radius 2 is 1.75 bits per heavy atom. The Morgan fingerprint density at radius 1 is 1.04 bits per heavy atom. The molecule has 0 spiro atoms. The molecule has 9 heteroatoms. The lowest BCUT2D eigenvalue weighted by Gasteiger charge is -2.29. The second-order valence-corrected chi connectivity index (χ2v) is 8.48. The first kappa shape index (κ1) is 18.7. The van der Waals surface area contributed by atoms with Crippen LogP contribution in [0.3, 0.4) is 0 Å². The van der Waals surface area contributed by atoms with Crippen LogP contribution in [-0.2, 0) is 10.0 Å². The van der Waals surface area contributed by atoms with E-state index in [-0.39, 0.29) is 19.0 Å². The normalized spacial score (nSPS) is 16.4. The van der Waals surface area contributed by atoms with Crippen molar-refractivity contribution in [1.82, 2.24) is 14.4 Å². The van der Waals surface area contributed by atoms with Gasteiger partial charge in [-0.2, -0.15) is 9.29 Å². The maximum Gasteiger partial charge on any atom is 0.246 e. The van der Waals surface area contributed by atoms with Crippen LogP contribution in [0.25, 0.3) is 11.4 Å². The molecule has 6 nitrogen and oxygen atoms in total. The number of benzene rings is 2. The predicted molar refractivity (Wildman–Crippen MR) is 96.8 cm³/mol. The van der Waals surface area contributed by atoms with E-state index in [0.29, 0.717) is 30.6 Å². The van der Waals surface area contributed by atoms with Crippen LogP contribution in [-0.4, -0.2) is 36.0 Å². The molecule has 0 atom stereocenters. The van der Waals surface area contributed by atoms with Crippen molar-refractivity contribution in [3.8, 4) is 11.4 Å². The fourth-order valence-corrected chi connectivity index (χ4v) is 4.81. The number of halogens is 2. The van der Waals surface area contributed by atoms with Gasteiger partial charge in [0.2, 0.25) is 21.7 Å². The molecule has 1 saturated heterocycles. The van der Waals surface area contributed by atoms with Crippen molar-refractivity contribution in [1.29, 1.82) is 0 Å². The van der Waals surface area contributed by atoms with Crippen LogP contribution in [0, 0.1) is 11.6 Å². The van der Waals surface area contributed by atoms with Crippen molar-refractivity contribution in [2.45, 2.75) is 23.7 Å². The van der Waals surface area contributed by atoms with Crippen LogP contribution in [0.4, 0.5) is 8.78 Å². The van der Waals surface area contributed by atoms with E-state index in [9.17, 15) is 17.2 Å². The molecule has 2 aromatic carbocycles. The summed E-state index contributed by atoms with van der Waals surface area (Å²) in [5.74, 6) is -0.920. The zero-order valence-electron chi connectivity index (χ0n) is 14.8. The first-order valence-corrected chi connectivity index (χ1v) is 10.2. The molecule has 0 saturated carbocycles. The summed E-state index contributed by atoms with van der Waals surface area (Å²) in [6.07, 6.45) is 0.902. The smallest absolute Gasteiger partial charge is 0.246 e. The van der Waals surface area contributed by atoms with E-state index in [1.165, 1.54) is 0 Å². The van der Waals surface area contributed by atoms with Gasteiger partial charge in [0.1, 0.15) is 16.5 Å². The van der Waals surface area contributed by atoms with Crippen molar-refractivity contribution in [3.05, 3.63) is 66.1 Å². The molecule has 0 bridgehead atoms. The van der Waals surface area contributed by atoms with E-state index >= 15 is 0 Å². The minimum Gasteiger partial charge on any atom is -0.339 e. The molecule has 4 rings (SSSR count). The van der Waals surface area contributed by atoms with E-state index in [4.69, 9.17) is 4.52 Å². The molecular weight excluding hydrogens is 388 g/mol. The number of sulfonamides is 1. The largest absolute Gasteiger partial charge is 0.339 e. The minimum absolute atomic E-state index is 0.0891. The average molecular weight is 405 g/mol. The summed E-state index contributed by atoms with van der Waals surface area (Å²) >= 11 is 0. The molecule has 0 N–H and O–H groups in total. The molecule has 0 amide bonds. The first-order valence-electron chi connectivity index (χ1n) is 8.79. The maximum absolute atomic E-state index is 13.9. The maximum atomic E-state index is 13.9. The number of piperidine rings is 1. The molecule has 1 aliphatic heterocycles. The fraction of sp³-hybridized carbons (Fsp3) is 0.263. The Bertz CT molecular complexity index is 1080. The molecule has 146 valence electrons. The molecule has 1 aliphatic rings. The van der Waals surface area contributed by atoms with Crippen molar-refractivity contribution in [3.63, 3.8) is 0 Å². The van der Waals surface area contributed by atoms with Crippen molar-refractivity contribution in [2.75, 3.05) is 13.1 Å². The summed E-state index contributed by atoms with van der Waals surface area (Å²) in [4.78, 5) is 3.78. The number of rotatable bonds is 4. The zero-order valence-corrected chi connectivity index (χ0v) is 15.6. The van der Waals surface area contributed by atoms with Gasteiger partial charge < -0.3 is 4.52 Å². The summed E-state index contributed by atoms with van der Waals surface area (Å²) < 4.78 is 59.2. The quantitative estimate of drug-likeness (QED) is 0.663. The zero-order chi connectivity index (χ0) is 19.7. The van der Waals surface area contributed by atoms with E-state index in [1.807, 2.05) is 30.3 Å². The average Bonchev–Trinajstić information content (AvgIpc) is 3.21. The number of nitrogens with zero attached hydrogens (tertiary/aromatic N) is 3. The van der Waals surface area contributed by atoms with Gasteiger partial charge in [-0.1, -0.05) is 35.5 Å². The summed E-state index contributed by atoms with van der Waals surface area (Å²) in [7, 11) is -4.11. The Hall–Kier alpha value is -2.65. The Kier molecular flexibility index (Phi) is 4.94. The molecular formula is C19H17F2N3O3S. The monoisotopic (exact) mass is 405 g/mol. The van der Waals surface area contributed by atoms with Gasteiger partial charge in [0, 0.05) is 24.6 Å². The standard InChI is InChI=1S/C19H17F2N3O3S/c20-15-6-7-16(21)17(12-15)28(25,26)24-10-8-14(9-11-24)19-22-18(23-27-19)13-4-2-1-3-5-13/h1-7,12,14H,8-11H2. The summed E-state index contributed by atoms with van der Waals surface area (Å²) in [5.41, 5.74) is 0.832. The van der Waals surface area contributed by atoms with Crippen LogP contribution in [0.15, 0.2) is 57.9 Å². The lowest BCUT2D eigenvalue weighted by molar-refractivity contribution is 0.270. The SMILES string of the molecule is O=S(=O)(c1cc(F)ccc1F)N1CCC(c2nc(-c3ccccc3)no2)CC1. The molecule has 2 heterocycles. The minimum atomic E-state index is -4.11. The first-order chi connectivity index (χ1) is 13.4. The molecule has 28 heavy (non-hydrogen) atoms. The molecule has 1 fully saturated rings. The van der Waals surface area contributed by atoms with Gasteiger partial charge in [-0.3, -0.25) is 0 Å². The third-order valence-electron chi connectivity index (χ3n) is 4.79. The van der Waals surface area contributed by atoms with E-state index in [2.05, 4.69) is 10.1 Å². The van der Waals surface area contributed by atoms with Crippen LogP contribution in [0.5, 0.6) is 0 Å². The van der Waals surface area contributed by atoms with Crippen LogP contribution in [0.1, 0.15) is 24.7 Å². The molecule has 0 radical (unpaired) electrons. The van der Waals surface area contributed by atoms with Crippen LogP contribution in [0.2, 0.25) is 0 Å². The highest BCUT2D eigenvalue weighted by Gasteiger charge is 2.33. The molecule has 0 aliphatic carbocycles. The highest BCUT2D eigenvalue weighted by molar-refractivity contribution is 7.89. The third-order valence-corrected chi connectivity index (χ3v) is 6.70. The second kappa shape index (κ2) is 7.40. The van der Waals surface area contributed by atoms with Crippen LogP contribution < -0.4 is 0 Å². The van der Waals surface area contributed by atoms with E-state index in [0.717, 1.165) is 22.0 Å². The summed E-state index contributed by atoms with van der Waals surface area (Å²) in [6, 6.07) is 11.8. The Labute approximate surface area is 160 Å². The van der Waals surface area contributed by atoms with Gasteiger partial charge in [-0.15, -0.1) is 0 Å². The van der Waals surface area contributed by atoms with Gasteiger partial charge in [-0.25, -0.2) is 17.2 Å². The topological polar surface area (TPSA) is 76.3 Å². The predicted octanol–water partition coefficient (Wildman–Crippen LogP) is 3.58. The van der Waals surface area contributed by atoms with Gasteiger partial charge in [0.25, 0.3) is 0 Å². The van der Waals surface area contributed by atoms with Gasteiger partial charge >= 0.3 is 0 Å². The third kappa shape index (κ3) is 3.55. The summed E-state index contributed by atoms with van der Waals surface area (Å²) in [5, 5.41) is 3.99. The van der Waals surface area contributed by atoms with Crippen molar-refractivity contribution >= 4 is 10.0 Å². The van der Waals surface area contributed by atoms with Gasteiger partial charge in [0.05, 0.1) is 0 Å². The number of hydrogen-bond acceptors (Lipinski definition) is 5. The number of hydrogen-bond donors (Lipinski definition) is 0.